The molecule has 0 amide bonds. The van der Waals surface area contributed by atoms with Crippen molar-refractivity contribution in [3.05, 3.63) is 60.9 Å². The van der Waals surface area contributed by atoms with Crippen molar-refractivity contribution in [1.82, 2.24) is 44.4 Å². The number of hydrogen-bond acceptors (Lipinski definition) is 7. The van der Waals surface area contributed by atoms with Crippen LogP contribution in [0.15, 0.2) is 55.1 Å². The Hall–Kier alpha value is -4.08. The first-order chi connectivity index (χ1) is 15.2. The highest BCUT2D eigenvalue weighted by atomic mass is 15.4. The number of rotatable bonds is 3. The number of aromatic nitrogens is 9. The van der Waals surface area contributed by atoms with Gasteiger partial charge < -0.3 is 9.47 Å². The van der Waals surface area contributed by atoms with Gasteiger partial charge in [0.1, 0.15) is 6.33 Å². The SMILES string of the molecule is C[C@H]1CN(c2cc(-c3ccccc3)nn3cnnc23)Cc2nnc(-c3cnn(C)c3)n21. The molecule has 0 radical (unpaired) electrons. The quantitative estimate of drug-likeness (QED) is 0.449. The standard InChI is InChI=1S/C21H20N10/c1-14-10-29(12-19-24-26-20(31(14)19)16-9-23-28(2)11-16)18-8-17(15-6-4-3-5-7-15)27-30-13-22-25-21(18)30/h3-9,11,13-14H,10,12H2,1-2H3/t14-/m0/s1. The molecule has 1 atom stereocenters. The molecule has 1 aliphatic rings. The molecule has 0 saturated carbocycles. The highest BCUT2D eigenvalue weighted by Crippen LogP contribution is 2.33. The third-order valence-corrected chi connectivity index (χ3v) is 5.65. The fraction of sp³-hybridized carbons (Fsp3) is 0.238. The van der Waals surface area contributed by atoms with E-state index in [1.165, 1.54) is 0 Å². The Balaban J connectivity index is 1.43. The van der Waals surface area contributed by atoms with Crippen LogP contribution in [0.25, 0.3) is 28.3 Å². The van der Waals surface area contributed by atoms with Gasteiger partial charge in [0.2, 0.25) is 5.65 Å². The highest BCUT2D eigenvalue weighted by Gasteiger charge is 2.29. The summed E-state index contributed by atoms with van der Waals surface area (Å²) in [7, 11) is 1.90. The number of nitrogens with zero attached hydrogens (tertiary/aromatic N) is 10. The molecule has 0 unspecified atom stereocenters. The minimum absolute atomic E-state index is 0.172. The number of aryl methyl sites for hydroxylation is 1. The van der Waals surface area contributed by atoms with Gasteiger partial charge in [0.25, 0.3) is 0 Å². The molecule has 0 fully saturated rings. The van der Waals surface area contributed by atoms with E-state index in [2.05, 4.69) is 60.1 Å². The molecule has 0 saturated heterocycles. The fourth-order valence-corrected chi connectivity index (χ4v) is 4.24. The Morgan fingerprint density at radius 3 is 2.71 bits per heavy atom. The zero-order chi connectivity index (χ0) is 20.9. The molecule has 10 heteroatoms. The van der Waals surface area contributed by atoms with Crippen LogP contribution in [0.3, 0.4) is 0 Å². The van der Waals surface area contributed by atoms with Gasteiger partial charge >= 0.3 is 0 Å². The van der Waals surface area contributed by atoms with Crippen LogP contribution in [-0.2, 0) is 13.6 Å². The lowest BCUT2D eigenvalue weighted by atomic mass is 10.1. The largest absolute Gasteiger partial charge is 0.359 e. The first-order valence-electron chi connectivity index (χ1n) is 10.1. The number of benzene rings is 1. The van der Waals surface area contributed by atoms with E-state index in [0.717, 1.165) is 46.3 Å². The fourth-order valence-electron chi connectivity index (χ4n) is 4.24. The van der Waals surface area contributed by atoms with Crippen LogP contribution in [-0.4, -0.2) is 50.9 Å². The average Bonchev–Trinajstić information content (AvgIpc) is 3.52. The first-order valence-corrected chi connectivity index (χ1v) is 10.1. The second-order valence-electron chi connectivity index (χ2n) is 7.82. The van der Waals surface area contributed by atoms with E-state index in [4.69, 9.17) is 5.10 Å². The van der Waals surface area contributed by atoms with Gasteiger partial charge in [0, 0.05) is 25.4 Å². The third kappa shape index (κ3) is 2.87. The molecule has 10 nitrogen and oxygen atoms in total. The lowest BCUT2D eigenvalue weighted by Crippen LogP contribution is -2.37. The smallest absolute Gasteiger partial charge is 0.200 e. The van der Waals surface area contributed by atoms with E-state index in [1.54, 1.807) is 15.5 Å². The Labute approximate surface area is 177 Å². The Bertz CT molecular complexity index is 1380. The van der Waals surface area contributed by atoms with Crippen molar-refractivity contribution in [1.29, 1.82) is 0 Å². The molecule has 0 bridgehead atoms. The van der Waals surface area contributed by atoms with Gasteiger partial charge in [-0.3, -0.25) is 4.68 Å². The number of hydrogen-bond donors (Lipinski definition) is 0. The summed E-state index contributed by atoms with van der Waals surface area (Å²) in [6.07, 6.45) is 5.43. The van der Waals surface area contributed by atoms with Crippen LogP contribution in [0.2, 0.25) is 0 Å². The lowest BCUT2D eigenvalue weighted by Gasteiger charge is -2.34. The van der Waals surface area contributed by atoms with Crippen molar-refractivity contribution < 1.29 is 0 Å². The van der Waals surface area contributed by atoms with Gasteiger partial charge in [0.15, 0.2) is 11.6 Å². The van der Waals surface area contributed by atoms with Crippen molar-refractivity contribution in [3.8, 4) is 22.6 Å². The molecule has 154 valence electrons. The van der Waals surface area contributed by atoms with Gasteiger partial charge in [-0.2, -0.15) is 14.7 Å². The van der Waals surface area contributed by atoms with Crippen molar-refractivity contribution in [2.24, 2.45) is 7.05 Å². The molecule has 31 heavy (non-hydrogen) atoms. The number of fused-ring (bicyclic) bond motifs is 2. The van der Waals surface area contributed by atoms with Crippen LogP contribution in [0.5, 0.6) is 0 Å². The Morgan fingerprint density at radius 2 is 1.90 bits per heavy atom. The van der Waals surface area contributed by atoms with Crippen molar-refractivity contribution in [3.63, 3.8) is 0 Å². The topological polar surface area (TPSA) is 94.9 Å². The molecule has 4 aromatic heterocycles. The molecule has 0 spiro atoms. The van der Waals surface area contributed by atoms with E-state index < -0.39 is 0 Å². The van der Waals surface area contributed by atoms with E-state index in [0.29, 0.717) is 6.54 Å². The molecule has 0 N–H and O–H groups in total. The number of anilines is 1. The van der Waals surface area contributed by atoms with Gasteiger partial charge in [-0.25, -0.2) is 0 Å². The minimum Gasteiger partial charge on any atom is -0.359 e. The van der Waals surface area contributed by atoms with Gasteiger partial charge in [-0.05, 0) is 13.0 Å². The Kier molecular flexibility index (Phi) is 3.85. The summed E-state index contributed by atoms with van der Waals surface area (Å²) in [5, 5.41) is 26.3. The monoisotopic (exact) mass is 412 g/mol. The molecule has 1 aliphatic heterocycles. The van der Waals surface area contributed by atoms with Crippen LogP contribution in [0.4, 0.5) is 5.69 Å². The van der Waals surface area contributed by atoms with Crippen molar-refractivity contribution in [2.45, 2.75) is 19.5 Å². The second-order valence-corrected chi connectivity index (χ2v) is 7.82. The molecular formula is C21H20N10. The van der Waals surface area contributed by atoms with E-state index in [9.17, 15) is 0 Å². The average molecular weight is 412 g/mol. The van der Waals surface area contributed by atoms with E-state index in [1.807, 2.05) is 37.6 Å². The summed E-state index contributed by atoms with van der Waals surface area (Å²) in [4.78, 5) is 2.28. The molecule has 1 aromatic carbocycles. The summed E-state index contributed by atoms with van der Waals surface area (Å²) in [6.45, 7) is 3.59. The van der Waals surface area contributed by atoms with Gasteiger partial charge in [-0.15, -0.1) is 20.4 Å². The zero-order valence-electron chi connectivity index (χ0n) is 17.2. The summed E-state index contributed by atoms with van der Waals surface area (Å²) in [5.41, 5.74) is 4.60. The van der Waals surface area contributed by atoms with Crippen molar-refractivity contribution in [2.75, 3.05) is 11.4 Å². The first kappa shape index (κ1) is 17.8. The maximum atomic E-state index is 4.69. The van der Waals surface area contributed by atoms with Crippen molar-refractivity contribution >= 4 is 11.3 Å². The maximum absolute atomic E-state index is 4.69. The molecule has 5 aromatic rings. The predicted molar refractivity (Wildman–Crippen MR) is 114 cm³/mol. The Morgan fingerprint density at radius 1 is 1.03 bits per heavy atom. The minimum atomic E-state index is 0.172. The third-order valence-electron chi connectivity index (χ3n) is 5.65. The molecule has 0 aliphatic carbocycles. The van der Waals surface area contributed by atoms with E-state index >= 15 is 0 Å². The highest BCUT2D eigenvalue weighted by molar-refractivity contribution is 5.74. The van der Waals surface area contributed by atoms with Crippen LogP contribution < -0.4 is 4.90 Å². The van der Waals surface area contributed by atoms with Crippen LogP contribution in [0.1, 0.15) is 18.8 Å². The predicted octanol–water partition coefficient (Wildman–Crippen LogP) is 2.36. The summed E-state index contributed by atoms with van der Waals surface area (Å²) in [5.74, 6) is 1.76. The van der Waals surface area contributed by atoms with E-state index in [-0.39, 0.29) is 6.04 Å². The zero-order valence-corrected chi connectivity index (χ0v) is 17.2. The van der Waals surface area contributed by atoms with Gasteiger partial charge in [-0.1, -0.05) is 30.3 Å². The summed E-state index contributed by atoms with van der Waals surface area (Å²) < 4.78 is 5.72. The second kappa shape index (κ2) is 6.73. The van der Waals surface area contributed by atoms with Crippen LogP contribution >= 0.6 is 0 Å². The molecular weight excluding hydrogens is 392 g/mol. The summed E-state index contributed by atoms with van der Waals surface area (Å²) in [6, 6.07) is 12.4. The lowest BCUT2D eigenvalue weighted by molar-refractivity contribution is 0.467. The van der Waals surface area contributed by atoms with Crippen LogP contribution in [0, 0.1) is 0 Å². The molecule has 6 rings (SSSR count). The van der Waals surface area contributed by atoms with Gasteiger partial charge in [0.05, 0.1) is 35.7 Å². The normalized spacial score (nSPS) is 16.1. The maximum Gasteiger partial charge on any atom is 0.200 e. The molecule has 5 heterocycles. The summed E-state index contributed by atoms with van der Waals surface area (Å²) >= 11 is 0.